The van der Waals surface area contributed by atoms with Crippen molar-refractivity contribution in [1.29, 1.82) is 0 Å². The Balaban J connectivity index is 3.03. The quantitative estimate of drug-likeness (QED) is 0.219. The molecule has 0 heterocycles. The number of alkyl halides is 6. The third-order valence-electron chi connectivity index (χ3n) is 3.59. The number of halogens is 6. The van der Waals surface area contributed by atoms with Crippen LogP contribution in [0.25, 0.3) is 0 Å². The number of carbonyl (C=O) groups is 1. The lowest BCUT2D eigenvalue weighted by Gasteiger charge is -2.29. The van der Waals surface area contributed by atoms with Crippen molar-refractivity contribution in [3.05, 3.63) is 42.0 Å². The predicted octanol–water partition coefficient (Wildman–Crippen LogP) is 2.34. The van der Waals surface area contributed by atoms with Gasteiger partial charge in [-0.2, -0.15) is 43.2 Å². The van der Waals surface area contributed by atoms with Crippen molar-refractivity contribution in [2.45, 2.75) is 29.8 Å². The summed E-state index contributed by atoms with van der Waals surface area (Å²) in [6.07, 6.45) is 0.168. The van der Waals surface area contributed by atoms with Crippen LogP contribution >= 0.6 is 0 Å². The van der Waals surface area contributed by atoms with Gasteiger partial charge >= 0.3 is 36.7 Å². The molecule has 0 atom stereocenters. The Hall–Kier alpha value is -2.33. The van der Waals surface area contributed by atoms with E-state index in [-0.39, 0.29) is 18.5 Å². The minimum absolute atomic E-state index is 0.0964. The van der Waals surface area contributed by atoms with Gasteiger partial charge in [-0.05, 0) is 31.0 Å². The SMILES string of the molecule is C=C(C)C(=O)NCCc1ccc(OS(=O)(=O)C(F)(F)C(F)(F)C(F)(F)S(=O)(=O)O)cc1. The maximum atomic E-state index is 13.7. The summed E-state index contributed by atoms with van der Waals surface area (Å²) in [6, 6.07) is 3.65. The molecule has 0 bridgehead atoms. The topological polar surface area (TPSA) is 127 Å². The number of amides is 1. The molecule has 16 heteroatoms. The average Bonchev–Trinajstić information content (AvgIpc) is 2.61. The second-order valence-corrected chi connectivity index (χ2v) is 9.10. The normalized spacial score (nSPS) is 13.5. The highest BCUT2D eigenvalue weighted by Gasteiger charge is 2.83. The summed E-state index contributed by atoms with van der Waals surface area (Å²) in [4.78, 5) is 11.3. The van der Waals surface area contributed by atoms with Gasteiger partial charge in [-0.25, -0.2) is 0 Å². The minimum atomic E-state index is -7.12. The van der Waals surface area contributed by atoms with Crippen LogP contribution in [-0.2, 0) is 31.5 Å². The van der Waals surface area contributed by atoms with Gasteiger partial charge in [0.2, 0.25) is 5.91 Å². The molecule has 0 unspecified atom stereocenters. The van der Waals surface area contributed by atoms with E-state index in [9.17, 15) is 48.0 Å². The Kier molecular flexibility index (Phi) is 7.46. The Morgan fingerprint density at radius 1 is 1.03 bits per heavy atom. The van der Waals surface area contributed by atoms with Gasteiger partial charge in [0.25, 0.3) is 0 Å². The summed E-state index contributed by atoms with van der Waals surface area (Å²) in [5.74, 6) is -8.52. The van der Waals surface area contributed by atoms with Crippen LogP contribution in [0.4, 0.5) is 26.3 Å². The summed E-state index contributed by atoms with van der Waals surface area (Å²) in [5, 5.41) is -11.2. The second kappa shape index (κ2) is 8.66. The first kappa shape index (κ1) is 26.7. The summed E-state index contributed by atoms with van der Waals surface area (Å²) < 4.78 is 136. The summed E-state index contributed by atoms with van der Waals surface area (Å²) in [5.41, 5.74) is 0.632. The maximum Gasteiger partial charge on any atom is 0.450 e. The molecule has 0 aliphatic heterocycles. The molecule has 0 aliphatic carbocycles. The third kappa shape index (κ3) is 5.30. The molecular weight excluding hydrogens is 484 g/mol. The van der Waals surface area contributed by atoms with Gasteiger partial charge < -0.3 is 9.50 Å². The molecule has 0 saturated carbocycles. The summed E-state index contributed by atoms with van der Waals surface area (Å²) >= 11 is 0. The summed E-state index contributed by atoms with van der Waals surface area (Å²) in [7, 11) is -14.0. The van der Waals surface area contributed by atoms with Crippen LogP contribution in [0, 0.1) is 0 Å². The van der Waals surface area contributed by atoms with Gasteiger partial charge in [0.15, 0.2) is 0 Å². The van der Waals surface area contributed by atoms with E-state index >= 15 is 0 Å². The molecule has 176 valence electrons. The predicted molar refractivity (Wildman–Crippen MR) is 93.9 cm³/mol. The molecule has 0 aromatic heterocycles. The first-order valence-electron chi connectivity index (χ1n) is 7.85. The van der Waals surface area contributed by atoms with E-state index in [1.54, 1.807) is 0 Å². The van der Waals surface area contributed by atoms with Crippen molar-refractivity contribution in [2.75, 3.05) is 6.54 Å². The zero-order chi connectivity index (χ0) is 24.5. The number of carbonyl (C=O) groups excluding carboxylic acids is 1. The Morgan fingerprint density at radius 2 is 1.52 bits per heavy atom. The van der Waals surface area contributed by atoms with E-state index in [4.69, 9.17) is 4.55 Å². The molecule has 0 radical (unpaired) electrons. The van der Waals surface area contributed by atoms with E-state index < -0.39 is 48.3 Å². The summed E-state index contributed by atoms with van der Waals surface area (Å²) in [6.45, 7) is 4.95. The molecule has 1 rings (SSSR count). The van der Waals surface area contributed by atoms with Crippen LogP contribution in [-0.4, -0.2) is 50.3 Å². The van der Waals surface area contributed by atoms with Crippen LogP contribution in [0.3, 0.4) is 0 Å². The fourth-order valence-corrected chi connectivity index (χ4v) is 3.28. The van der Waals surface area contributed by atoms with E-state index in [1.807, 2.05) is 0 Å². The highest BCUT2D eigenvalue weighted by atomic mass is 32.2. The molecule has 1 aromatic carbocycles. The van der Waals surface area contributed by atoms with E-state index in [2.05, 4.69) is 16.1 Å². The molecule has 0 fully saturated rings. The van der Waals surface area contributed by atoms with Crippen LogP contribution in [0.15, 0.2) is 36.4 Å². The second-order valence-electron chi connectivity index (χ2n) is 6.05. The zero-order valence-corrected chi connectivity index (χ0v) is 17.0. The van der Waals surface area contributed by atoms with Crippen molar-refractivity contribution in [3.63, 3.8) is 0 Å². The lowest BCUT2D eigenvalue weighted by Crippen LogP contribution is -2.61. The number of hydrogen-bond acceptors (Lipinski definition) is 6. The Bertz CT molecular complexity index is 1050. The molecule has 31 heavy (non-hydrogen) atoms. The smallest absolute Gasteiger partial charge is 0.378 e. The van der Waals surface area contributed by atoms with E-state index in [1.165, 1.54) is 6.92 Å². The highest BCUT2D eigenvalue weighted by molar-refractivity contribution is 7.88. The van der Waals surface area contributed by atoms with E-state index in [0.29, 0.717) is 5.56 Å². The highest BCUT2D eigenvalue weighted by Crippen LogP contribution is 2.50. The van der Waals surface area contributed by atoms with Crippen molar-refractivity contribution in [3.8, 4) is 5.75 Å². The lowest BCUT2D eigenvalue weighted by molar-refractivity contribution is -0.247. The number of benzene rings is 1. The van der Waals surface area contributed by atoms with Crippen molar-refractivity contribution < 1.29 is 56.7 Å². The molecule has 0 spiro atoms. The molecule has 0 aliphatic rings. The van der Waals surface area contributed by atoms with Gasteiger partial charge in [0.05, 0.1) is 0 Å². The Labute approximate surface area is 172 Å². The van der Waals surface area contributed by atoms with Gasteiger partial charge in [-0.15, -0.1) is 0 Å². The molecule has 1 aromatic rings. The van der Waals surface area contributed by atoms with Crippen LogP contribution < -0.4 is 9.50 Å². The number of rotatable bonds is 10. The average molecular weight is 499 g/mol. The van der Waals surface area contributed by atoms with Gasteiger partial charge in [-0.3, -0.25) is 9.35 Å². The number of hydrogen-bond donors (Lipinski definition) is 2. The van der Waals surface area contributed by atoms with Crippen molar-refractivity contribution in [1.82, 2.24) is 5.32 Å². The minimum Gasteiger partial charge on any atom is -0.378 e. The Morgan fingerprint density at radius 3 is 1.94 bits per heavy atom. The standard InChI is InChI=1S/C15H15F6NO7S2/c1-9(2)12(23)22-8-7-10-3-5-11(6-4-10)29-31(27,28)15(20,21)13(16,17)14(18,19)30(24,25)26/h3-6H,1,7-8H2,2H3,(H,22,23)(H,24,25,26). The van der Waals surface area contributed by atoms with Gasteiger partial charge in [0, 0.05) is 12.1 Å². The maximum absolute atomic E-state index is 13.7. The van der Waals surface area contributed by atoms with Crippen molar-refractivity contribution >= 4 is 26.1 Å². The fourth-order valence-electron chi connectivity index (χ4n) is 1.85. The lowest BCUT2D eigenvalue weighted by atomic mass is 10.1. The molecular formula is C15H15F6NO7S2. The molecule has 1 amide bonds. The molecule has 0 saturated heterocycles. The first-order valence-corrected chi connectivity index (χ1v) is 10.7. The van der Waals surface area contributed by atoms with Gasteiger partial charge in [0.1, 0.15) is 5.75 Å². The van der Waals surface area contributed by atoms with Crippen molar-refractivity contribution in [2.24, 2.45) is 0 Å². The largest absolute Gasteiger partial charge is 0.450 e. The van der Waals surface area contributed by atoms with Crippen LogP contribution in [0.1, 0.15) is 12.5 Å². The zero-order valence-electron chi connectivity index (χ0n) is 15.4. The van der Waals surface area contributed by atoms with E-state index in [0.717, 1.165) is 24.3 Å². The number of nitrogens with one attached hydrogen (secondary N) is 1. The molecule has 2 N–H and O–H groups in total. The monoisotopic (exact) mass is 499 g/mol. The van der Waals surface area contributed by atoms with Crippen LogP contribution in [0.2, 0.25) is 0 Å². The van der Waals surface area contributed by atoms with Gasteiger partial charge in [-0.1, -0.05) is 18.7 Å². The molecule has 8 nitrogen and oxygen atoms in total. The third-order valence-corrected chi connectivity index (χ3v) is 5.79. The van der Waals surface area contributed by atoms with Crippen LogP contribution in [0.5, 0.6) is 5.75 Å². The fraction of sp³-hybridized carbons (Fsp3) is 0.400. The first-order chi connectivity index (χ1) is 13.8.